The van der Waals surface area contributed by atoms with Crippen LogP contribution in [-0.4, -0.2) is 44.7 Å². The van der Waals surface area contributed by atoms with Gasteiger partial charge in [0.15, 0.2) is 0 Å². The van der Waals surface area contributed by atoms with Gasteiger partial charge >= 0.3 is 0 Å². The van der Waals surface area contributed by atoms with Gasteiger partial charge in [0, 0.05) is 36.8 Å². The average molecular weight is 416 g/mol. The predicted octanol–water partition coefficient (Wildman–Crippen LogP) is 4.69. The highest BCUT2D eigenvalue weighted by Gasteiger charge is 2.16. The number of aromatic nitrogens is 4. The Balaban J connectivity index is 1.42. The highest BCUT2D eigenvalue weighted by Crippen LogP contribution is 2.25. The number of fused-ring (bicyclic) bond motifs is 2. The van der Waals surface area contributed by atoms with Crippen molar-refractivity contribution in [2.45, 2.75) is 45.1 Å². The van der Waals surface area contributed by atoms with Crippen LogP contribution >= 0.6 is 0 Å². The molecule has 0 aliphatic rings. The van der Waals surface area contributed by atoms with Crippen LogP contribution in [0.1, 0.15) is 50.2 Å². The Morgan fingerprint density at radius 3 is 2.42 bits per heavy atom. The molecule has 160 valence electrons. The molecule has 1 N–H and O–H groups in total. The Morgan fingerprint density at radius 1 is 0.903 bits per heavy atom. The lowest BCUT2D eigenvalue weighted by Gasteiger charge is -2.23. The molecule has 2 aromatic heterocycles. The van der Waals surface area contributed by atoms with Crippen molar-refractivity contribution < 1.29 is 5.11 Å². The first-order valence-corrected chi connectivity index (χ1v) is 10.8. The zero-order chi connectivity index (χ0) is 22.0. The van der Waals surface area contributed by atoms with E-state index in [2.05, 4.69) is 65.0 Å². The lowest BCUT2D eigenvalue weighted by molar-refractivity contribution is 0.163. The summed E-state index contributed by atoms with van der Waals surface area (Å²) in [5, 5.41) is 12.8. The summed E-state index contributed by atoms with van der Waals surface area (Å²) in [4.78, 5) is 19.5. The van der Waals surface area contributed by atoms with Crippen LogP contribution in [0.4, 0.5) is 5.95 Å². The zero-order valence-electron chi connectivity index (χ0n) is 18.5. The third kappa shape index (κ3) is 4.80. The molecule has 0 saturated carbocycles. The number of rotatable bonds is 7. The predicted molar refractivity (Wildman–Crippen MR) is 125 cm³/mol. The third-order valence-corrected chi connectivity index (χ3v) is 5.81. The monoisotopic (exact) mass is 415 g/mol. The molecule has 0 bridgehead atoms. The van der Waals surface area contributed by atoms with Crippen LogP contribution in [0, 0.1) is 0 Å². The number of nitrogens with zero attached hydrogens (tertiary/aromatic N) is 5. The van der Waals surface area contributed by atoms with Gasteiger partial charge in [0.05, 0.1) is 17.1 Å². The Hall–Kier alpha value is -3.12. The zero-order valence-corrected chi connectivity index (χ0v) is 18.5. The lowest BCUT2D eigenvalue weighted by atomic mass is 9.94. The van der Waals surface area contributed by atoms with Crippen molar-refractivity contribution >= 4 is 27.8 Å². The molecule has 2 heterocycles. The van der Waals surface area contributed by atoms with E-state index < -0.39 is 6.10 Å². The first-order chi connectivity index (χ1) is 14.9. The molecule has 6 nitrogen and oxygen atoms in total. The van der Waals surface area contributed by atoms with Gasteiger partial charge in [-0.3, -0.25) is 0 Å². The Kier molecular flexibility index (Phi) is 6.09. The summed E-state index contributed by atoms with van der Waals surface area (Å²) in [6.07, 6.45) is 5.40. The molecule has 4 rings (SSSR count). The smallest absolute Gasteiger partial charge is 0.225 e. The minimum atomic E-state index is -0.495. The molecule has 31 heavy (non-hydrogen) atoms. The van der Waals surface area contributed by atoms with E-state index in [9.17, 15) is 5.11 Å². The van der Waals surface area contributed by atoms with Crippen LogP contribution in [0.5, 0.6) is 0 Å². The highest BCUT2D eigenvalue weighted by atomic mass is 16.3. The molecule has 0 spiro atoms. The number of hydrogen-bond acceptors (Lipinski definition) is 6. The maximum absolute atomic E-state index is 10.7. The molecule has 0 amide bonds. The number of likely N-dealkylation sites (N-methyl/N-ethyl adjacent to an activating group) is 1. The van der Waals surface area contributed by atoms with Crippen LogP contribution in [0.2, 0.25) is 0 Å². The Labute approximate surface area is 183 Å². The molecular formula is C25H29N5O. The molecule has 6 heteroatoms. The van der Waals surface area contributed by atoms with Gasteiger partial charge in [-0.05, 0) is 53.6 Å². The van der Waals surface area contributed by atoms with Gasteiger partial charge < -0.3 is 10.0 Å². The van der Waals surface area contributed by atoms with E-state index in [0.29, 0.717) is 24.8 Å². The van der Waals surface area contributed by atoms with Crippen LogP contribution in [0.15, 0.2) is 55.1 Å². The molecule has 2 aromatic carbocycles. The lowest BCUT2D eigenvalue weighted by Crippen LogP contribution is -2.31. The standard InChI is InChI=1S/C25H29N5O/c1-16(2)18-5-8-24-21(10-18)13-27-25(29-24)30(4)14-22(31)9-17(3)19-6-7-23-20(11-19)12-26-15-28-23/h5-8,10-13,15-17,22,31H,9,14H2,1-4H3/t17-,22?/m1/s1. The molecular weight excluding hydrogens is 386 g/mol. The highest BCUT2D eigenvalue weighted by molar-refractivity contribution is 5.80. The molecule has 0 fully saturated rings. The molecule has 2 atom stereocenters. The van der Waals surface area contributed by atoms with E-state index >= 15 is 0 Å². The van der Waals surface area contributed by atoms with Crippen molar-refractivity contribution in [1.29, 1.82) is 0 Å². The maximum atomic E-state index is 10.7. The number of aliphatic hydroxyl groups is 1. The molecule has 1 unspecified atom stereocenters. The quantitative estimate of drug-likeness (QED) is 0.472. The topological polar surface area (TPSA) is 75.0 Å². The minimum absolute atomic E-state index is 0.208. The number of hydrogen-bond donors (Lipinski definition) is 1. The van der Waals surface area contributed by atoms with Gasteiger partial charge in [-0.25, -0.2) is 19.9 Å². The van der Waals surface area contributed by atoms with Crippen molar-refractivity contribution in [1.82, 2.24) is 19.9 Å². The van der Waals surface area contributed by atoms with Crippen molar-refractivity contribution in [3.05, 3.63) is 66.2 Å². The fourth-order valence-electron chi connectivity index (χ4n) is 3.91. The van der Waals surface area contributed by atoms with Gasteiger partial charge in [-0.2, -0.15) is 0 Å². The number of aliphatic hydroxyl groups excluding tert-OH is 1. The summed E-state index contributed by atoms with van der Waals surface area (Å²) in [6.45, 7) is 6.96. The average Bonchev–Trinajstić information content (AvgIpc) is 2.77. The molecule has 0 radical (unpaired) electrons. The second kappa shape index (κ2) is 8.94. The second-order valence-electron chi connectivity index (χ2n) is 8.66. The van der Waals surface area contributed by atoms with Gasteiger partial charge in [-0.1, -0.05) is 32.9 Å². The Morgan fingerprint density at radius 2 is 1.61 bits per heavy atom. The summed E-state index contributed by atoms with van der Waals surface area (Å²) in [5.74, 6) is 1.30. The molecule has 0 aliphatic heterocycles. The van der Waals surface area contributed by atoms with Crippen molar-refractivity contribution in [3.63, 3.8) is 0 Å². The summed E-state index contributed by atoms with van der Waals surface area (Å²) in [5.41, 5.74) is 4.30. The largest absolute Gasteiger partial charge is 0.391 e. The van der Waals surface area contributed by atoms with E-state index in [1.54, 1.807) is 6.33 Å². The second-order valence-corrected chi connectivity index (χ2v) is 8.66. The molecule has 4 aromatic rings. The van der Waals surface area contributed by atoms with Gasteiger partial charge in [-0.15, -0.1) is 0 Å². The number of benzene rings is 2. The van der Waals surface area contributed by atoms with E-state index in [-0.39, 0.29) is 5.92 Å². The van der Waals surface area contributed by atoms with Crippen LogP contribution < -0.4 is 4.90 Å². The third-order valence-electron chi connectivity index (χ3n) is 5.81. The van der Waals surface area contributed by atoms with Crippen molar-refractivity contribution in [2.75, 3.05) is 18.5 Å². The first-order valence-electron chi connectivity index (χ1n) is 10.8. The van der Waals surface area contributed by atoms with E-state index in [0.717, 1.165) is 21.8 Å². The van der Waals surface area contributed by atoms with E-state index in [1.165, 1.54) is 11.1 Å². The molecule has 0 aliphatic carbocycles. The summed E-state index contributed by atoms with van der Waals surface area (Å²) < 4.78 is 0. The first kappa shape index (κ1) is 21.1. The summed E-state index contributed by atoms with van der Waals surface area (Å²) >= 11 is 0. The Bertz CT molecular complexity index is 1190. The van der Waals surface area contributed by atoms with E-state index in [4.69, 9.17) is 0 Å². The fourth-order valence-corrected chi connectivity index (χ4v) is 3.91. The van der Waals surface area contributed by atoms with Crippen LogP contribution in [-0.2, 0) is 0 Å². The van der Waals surface area contributed by atoms with Gasteiger partial charge in [0.2, 0.25) is 5.95 Å². The number of anilines is 1. The fraction of sp³-hybridized carbons (Fsp3) is 0.360. The SMILES string of the molecule is CC(C)c1ccc2nc(N(C)CC(O)C[C@@H](C)c3ccc4ncncc4c3)ncc2c1. The van der Waals surface area contributed by atoms with Gasteiger partial charge in [0.1, 0.15) is 6.33 Å². The van der Waals surface area contributed by atoms with Crippen LogP contribution in [0.3, 0.4) is 0 Å². The van der Waals surface area contributed by atoms with Gasteiger partial charge in [0.25, 0.3) is 0 Å². The normalized spacial score (nSPS) is 13.6. The molecule has 0 saturated heterocycles. The van der Waals surface area contributed by atoms with E-state index in [1.807, 2.05) is 36.5 Å². The van der Waals surface area contributed by atoms with Crippen molar-refractivity contribution in [2.24, 2.45) is 0 Å². The van der Waals surface area contributed by atoms with Crippen LogP contribution in [0.25, 0.3) is 21.8 Å². The minimum Gasteiger partial charge on any atom is -0.391 e. The summed E-state index contributed by atoms with van der Waals surface area (Å²) in [7, 11) is 1.92. The summed E-state index contributed by atoms with van der Waals surface area (Å²) in [6, 6.07) is 12.5. The van der Waals surface area contributed by atoms with Crippen molar-refractivity contribution in [3.8, 4) is 0 Å². The maximum Gasteiger partial charge on any atom is 0.225 e.